The fourth-order valence-electron chi connectivity index (χ4n) is 1.11. The Morgan fingerprint density at radius 1 is 1.33 bits per heavy atom. The molecule has 1 fully saturated rings. The van der Waals surface area contributed by atoms with Gasteiger partial charge in [0.15, 0.2) is 0 Å². The molecule has 0 unspecified atom stereocenters. The third-order valence-electron chi connectivity index (χ3n) is 1.84. The molecule has 0 aliphatic carbocycles. The van der Waals surface area contributed by atoms with Gasteiger partial charge < -0.3 is 9.64 Å². The minimum atomic E-state index is -0.284. The van der Waals surface area contributed by atoms with Gasteiger partial charge in [0.05, 0.1) is 6.54 Å². The number of allylic oxidation sites excluding steroid dienone is 2. The van der Waals surface area contributed by atoms with E-state index in [0.717, 1.165) is 5.57 Å². The summed E-state index contributed by atoms with van der Waals surface area (Å²) in [6.07, 6.45) is 4.73. The standard InChI is InChI=1S/C9H13NO2.C3H8/c1-4-7-6-10(3)9(11)12-8(7)5-2;1-3-2/h4-5H,6H2,1-3H3;3H2,1-2H3/b7-4-,8-5+;. The van der Waals surface area contributed by atoms with E-state index in [1.54, 1.807) is 18.0 Å². The number of nitrogens with zero attached hydrogens (tertiary/aromatic N) is 1. The molecule has 15 heavy (non-hydrogen) atoms. The van der Waals surface area contributed by atoms with Crippen LogP contribution in [0.5, 0.6) is 0 Å². The van der Waals surface area contributed by atoms with Crippen LogP contribution in [0.15, 0.2) is 23.5 Å². The van der Waals surface area contributed by atoms with Crippen molar-refractivity contribution in [3.8, 4) is 0 Å². The van der Waals surface area contributed by atoms with E-state index in [9.17, 15) is 4.79 Å². The number of amides is 1. The average molecular weight is 211 g/mol. The maximum absolute atomic E-state index is 11.1. The minimum Gasteiger partial charge on any atom is -0.410 e. The number of hydrogen-bond donors (Lipinski definition) is 0. The van der Waals surface area contributed by atoms with Gasteiger partial charge in [0.2, 0.25) is 0 Å². The second-order valence-electron chi connectivity index (χ2n) is 3.40. The van der Waals surface area contributed by atoms with Gasteiger partial charge in [0, 0.05) is 12.6 Å². The quantitative estimate of drug-likeness (QED) is 0.615. The van der Waals surface area contributed by atoms with Gasteiger partial charge in [0.1, 0.15) is 5.76 Å². The monoisotopic (exact) mass is 211 g/mol. The van der Waals surface area contributed by atoms with Crippen molar-refractivity contribution in [2.24, 2.45) is 0 Å². The Hall–Kier alpha value is -1.25. The van der Waals surface area contributed by atoms with Gasteiger partial charge in [-0.2, -0.15) is 0 Å². The maximum Gasteiger partial charge on any atom is 0.415 e. The molecule has 0 N–H and O–H groups in total. The summed E-state index contributed by atoms with van der Waals surface area (Å²) in [4.78, 5) is 12.6. The van der Waals surface area contributed by atoms with E-state index in [4.69, 9.17) is 4.74 Å². The lowest BCUT2D eigenvalue weighted by atomic mass is 10.1. The molecular formula is C12H21NO2. The third-order valence-corrected chi connectivity index (χ3v) is 1.84. The van der Waals surface area contributed by atoms with Crippen molar-refractivity contribution in [1.29, 1.82) is 0 Å². The Labute approximate surface area is 92.4 Å². The summed E-state index contributed by atoms with van der Waals surface area (Å²) in [5, 5.41) is 0. The van der Waals surface area contributed by atoms with Crippen LogP contribution in [-0.4, -0.2) is 24.6 Å². The molecule has 3 heteroatoms. The Kier molecular flexibility index (Phi) is 6.50. The summed E-state index contributed by atoms with van der Waals surface area (Å²) in [7, 11) is 1.72. The van der Waals surface area contributed by atoms with E-state index in [1.807, 2.05) is 19.9 Å². The highest BCUT2D eigenvalue weighted by Crippen LogP contribution is 2.19. The van der Waals surface area contributed by atoms with Crippen LogP contribution in [0.2, 0.25) is 0 Å². The predicted octanol–water partition coefficient (Wildman–Crippen LogP) is 3.33. The molecule has 0 saturated carbocycles. The summed E-state index contributed by atoms with van der Waals surface area (Å²) < 4.78 is 5.03. The summed E-state index contributed by atoms with van der Waals surface area (Å²) >= 11 is 0. The molecule has 0 aromatic rings. The second-order valence-corrected chi connectivity index (χ2v) is 3.40. The van der Waals surface area contributed by atoms with Crippen molar-refractivity contribution in [2.45, 2.75) is 34.1 Å². The zero-order chi connectivity index (χ0) is 11.8. The van der Waals surface area contributed by atoms with Crippen LogP contribution >= 0.6 is 0 Å². The van der Waals surface area contributed by atoms with Gasteiger partial charge in [-0.25, -0.2) is 4.79 Å². The highest BCUT2D eigenvalue weighted by Gasteiger charge is 2.22. The highest BCUT2D eigenvalue weighted by atomic mass is 16.6. The van der Waals surface area contributed by atoms with Crippen molar-refractivity contribution in [3.05, 3.63) is 23.5 Å². The van der Waals surface area contributed by atoms with Crippen molar-refractivity contribution in [1.82, 2.24) is 4.90 Å². The Bertz CT molecular complexity index is 267. The smallest absolute Gasteiger partial charge is 0.410 e. The molecule has 1 aliphatic rings. The first kappa shape index (κ1) is 13.8. The zero-order valence-electron chi connectivity index (χ0n) is 10.3. The number of carbonyl (C=O) groups is 1. The van der Waals surface area contributed by atoms with Crippen molar-refractivity contribution < 1.29 is 9.53 Å². The van der Waals surface area contributed by atoms with Crippen LogP contribution in [0, 0.1) is 0 Å². The van der Waals surface area contributed by atoms with Crippen LogP contribution in [0.4, 0.5) is 4.79 Å². The van der Waals surface area contributed by atoms with Crippen molar-refractivity contribution >= 4 is 6.09 Å². The average Bonchev–Trinajstić information content (AvgIpc) is 2.22. The first-order chi connectivity index (χ1) is 7.10. The van der Waals surface area contributed by atoms with Crippen LogP contribution in [-0.2, 0) is 4.74 Å². The Morgan fingerprint density at radius 3 is 2.27 bits per heavy atom. The van der Waals surface area contributed by atoms with Crippen LogP contribution in [0.1, 0.15) is 34.1 Å². The maximum atomic E-state index is 11.1. The molecule has 0 spiro atoms. The molecule has 3 nitrogen and oxygen atoms in total. The summed E-state index contributed by atoms with van der Waals surface area (Å²) in [6.45, 7) is 8.68. The molecule has 1 rings (SSSR count). The number of carbonyl (C=O) groups excluding carboxylic acids is 1. The van der Waals surface area contributed by atoms with E-state index >= 15 is 0 Å². The number of likely N-dealkylation sites (N-methyl/N-ethyl adjacent to an activating group) is 1. The Morgan fingerprint density at radius 2 is 1.87 bits per heavy atom. The Balaban J connectivity index is 0.000000583. The van der Waals surface area contributed by atoms with Gasteiger partial charge in [-0.05, 0) is 19.9 Å². The SMILES string of the molecule is C/C=C1/CN(C)C(=O)O/C1=C/C.CCC. The predicted molar refractivity (Wildman–Crippen MR) is 62.6 cm³/mol. The van der Waals surface area contributed by atoms with E-state index in [-0.39, 0.29) is 6.09 Å². The largest absolute Gasteiger partial charge is 0.415 e. The molecule has 1 heterocycles. The lowest BCUT2D eigenvalue weighted by Crippen LogP contribution is -2.34. The van der Waals surface area contributed by atoms with Gasteiger partial charge in [-0.15, -0.1) is 0 Å². The van der Waals surface area contributed by atoms with Crippen molar-refractivity contribution in [2.75, 3.05) is 13.6 Å². The van der Waals surface area contributed by atoms with E-state index in [2.05, 4.69) is 13.8 Å². The molecule has 0 atom stereocenters. The summed E-state index contributed by atoms with van der Waals surface area (Å²) in [5.74, 6) is 0.681. The fourth-order valence-corrected chi connectivity index (χ4v) is 1.11. The molecule has 1 aliphatic heterocycles. The number of rotatable bonds is 0. The molecule has 0 bridgehead atoms. The lowest BCUT2D eigenvalue weighted by molar-refractivity contribution is 0.130. The fraction of sp³-hybridized carbons (Fsp3) is 0.583. The highest BCUT2D eigenvalue weighted by molar-refractivity contribution is 5.71. The van der Waals surface area contributed by atoms with E-state index < -0.39 is 0 Å². The number of cyclic esters (lactones) is 1. The van der Waals surface area contributed by atoms with Gasteiger partial charge in [0.25, 0.3) is 0 Å². The summed E-state index contributed by atoms with van der Waals surface area (Å²) in [6, 6.07) is 0. The number of ether oxygens (including phenoxy) is 1. The minimum absolute atomic E-state index is 0.284. The van der Waals surface area contributed by atoms with Crippen molar-refractivity contribution in [3.63, 3.8) is 0 Å². The van der Waals surface area contributed by atoms with E-state index in [1.165, 1.54) is 6.42 Å². The zero-order valence-corrected chi connectivity index (χ0v) is 10.3. The van der Waals surface area contributed by atoms with Crippen LogP contribution in [0.25, 0.3) is 0 Å². The summed E-state index contributed by atoms with van der Waals surface area (Å²) in [5.41, 5.74) is 1.06. The first-order valence-electron chi connectivity index (χ1n) is 5.35. The molecule has 1 saturated heterocycles. The number of hydrogen-bond acceptors (Lipinski definition) is 2. The van der Waals surface area contributed by atoms with Gasteiger partial charge in [-0.1, -0.05) is 26.3 Å². The molecule has 0 aromatic carbocycles. The normalized spacial score (nSPS) is 21.1. The second kappa shape index (κ2) is 7.10. The first-order valence-corrected chi connectivity index (χ1v) is 5.35. The van der Waals surface area contributed by atoms with Crippen LogP contribution in [0.3, 0.4) is 0 Å². The van der Waals surface area contributed by atoms with Crippen LogP contribution < -0.4 is 0 Å². The molecule has 0 radical (unpaired) electrons. The molecule has 0 aromatic heterocycles. The van der Waals surface area contributed by atoms with Gasteiger partial charge in [-0.3, -0.25) is 0 Å². The third kappa shape index (κ3) is 4.19. The topological polar surface area (TPSA) is 29.5 Å². The molecular weight excluding hydrogens is 190 g/mol. The van der Waals surface area contributed by atoms with Gasteiger partial charge >= 0.3 is 6.09 Å². The lowest BCUT2D eigenvalue weighted by Gasteiger charge is -2.26. The van der Waals surface area contributed by atoms with E-state index in [0.29, 0.717) is 12.3 Å². The molecule has 86 valence electrons. The molecule has 1 amide bonds.